The summed E-state index contributed by atoms with van der Waals surface area (Å²) in [6, 6.07) is 5.39. The Labute approximate surface area is 91.8 Å². The first-order valence-corrected chi connectivity index (χ1v) is 6.20. The van der Waals surface area contributed by atoms with Crippen molar-refractivity contribution < 1.29 is 4.21 Å². The quantitative estimate of drug-likeness (QED) is 0.812. The van der Waals surface area contributed by atoms with Gasteiger partial charge in [0.1, 0.15) is 11.8 Å². The lowest BCUT2D eigenvalue weighted by Crippen LogP contribution is -2.12. The molecule has 0 saturated carbocycles. The molecule has 0 fully saturated rings. The lowest BCUT2D eigenvalue weighted by molar-refractivity contribution is 0.684. The fraction of sp³-hybridized carbons (Fsp3) is 0.400. The minimum atomic E-state index is -0.742. The van der Waals surface area contributed by atoms with E-state index >= 15 is 0 Å². The van der Waals surface area contributed by atoms with Crippen LogP contribution in [0.2, 0.25) is 0 Å². The molecule has 0 aliphatic heterocycles. The summed E-state index contributed by atoms with van der Waals surface area (Å²) in [5.74, 6) is 1.32. The number of rotatable bonds is 5. The highest BCUT2D eigenvalue weighted by molar-refractivity contribution is 7.84. The third-order valence-corrected chi connectivity index (χ3v) is 3.16. The maximum Gasteiger partial charge on any atom is 0.140 e. The first-order chi connectivity index (χ1) is 7.26. The number of aromatic nitrogens is 1. The van der Waals surface area contributed by atoms with Crippen LogP contribution >= 0.6 is 0 Å². The van der Waals surface area contributed by atoms with E-state index in [2.05, 4.69) is 10.3 Å². The average molecular weight is 223 g/mol. The van der Waals surface area contributed by atoms with Gasteiger partial charge >= 0.3 is 0 Å². The van der Waals surface area contributed by atoms with Crippen molar-refractivity contribution in [2.75, 3.05) is 23.4 Å². The highest BCUT2D eigenvalue weighted by Crippen LogP contribution is 2.04. The molecule has 0 saturated heterocycles. The number of nitrogens with zero attached hydrogens (tertiary/aromatic N) is 2. The minimum Gasteiger partial charge on any atom is -0.383 e. The van der Waals surface area contributed by atoms with Gasteiger partial charge in [-0.15, -0.1) is 0 Å². The third-order valence-electron chi connectivity index (χ3n) is 1.86. The zero-order chi connectivity index (χ0) is 11.1. The van der Waals surface area contributed by atoms with E-state index in [1.807, 2.05) is 13.0 Å². The second-order valence-corrected chi connectivity index (χ2v) is 4.77. The Kier molecular flexibility index (Phi) is 4.78. The van der Waals surface area contributed by atoms with E-state index in [4.69, 9.17) is 5.26 Å². The molecule has 1 aromatic rings. The highest BCUT2D eigenvalue weighted by Gasteiger charge is 1.97. The maximum absolute atomic E-state index is 11.1. The lowest BCUT2D eigenvalue weighted by Gasteiger charge is -2.04. The van der Waals surface area contributed by atoms with Gasteiger partial charge in [0.25, 0.3) is 0 Å². The van der Waals surface area contributed by atoms with Crippen molar-refractivity contribution in [2.45, 2.75) is 6.92 Å². The van der Waals surface area contributed by atoms with E-state index in [9.17, 15) is 4.21 Å². The van der Waals surface area contributed by atoms with Gasteiger partial charge in [-0.3, -0.25) is 4.21 Å². The van der Waals surface area contributed by atoms with E-state index in [-0.39, 0.29) is 0 Å². The SMILES string of the molecule is CCS(=O)CCNc1ccc(C#N)nc1. The van der Waals surface area contributed by atoms with E-state index < -0.39 is 10.8 Å². The Hall–Kier alpha value is -1.41. The number of anilines is 1. The standard InChI is InChI=1S/C10H13N3OS/c1-2-15(14)6-5-12-10-4-3-9(7-11)13-8-10/h3-4,8,12H,2,5-6H2,1H3. The molecule has 0 aliphatic rings. The van der Waals surface area contributed by atoms with Crippen LogP contribution in [0.4, 0.5) is 5.69 Å². The van der Waals surface area contributed by atoms with Crippen molar-refractivity contribution in [1.82, 2.24) is 4.98 Å². The van der Waals surface area contributed by atoms with Gasteiger partial charge in [0.05, 0.1) is 11.9 Å². The van der Waals surface area contributed by atoms with Crippen molar-refractivity contribution in [2.24, 2.45) is 0 Å². The molecule has 1 N–H and O–H groups in total. The van der Waals surface area contributed by atoms with Crippen LogP contribution in [-0.2, 0) is 10.8 Å². The maximum atomic E-state index is 11.1. The van der Waals surface area contributed by atoms with Gasteiger partial charge in [0.15, 0.2) is 0 Å². The second-order valence-electron chi connectivity index (χ2n) is 2.90. The molecule has 0 aromatic carbocycles. The summed E-state index contributed by atoms with van der Waals surface area (Å²) in [6.45, 7) is 2.56. The molecule has 5 heteroatoms. The zero-order valence-corrected chi connectivity index (χ0v) is 9.38. The van der Waals surface area contributed by atoms with Crippen LogP contribution in [0.25, 0.3) is 0 Å². The molecule has 1 unspecified atom stereocenters. The third kappa shape index (κ3) is 4.09. The summed E-state index contributed by atoms with van der Waals surface area (Å²) in [5, 5.41) is 11.6. The Morgan fingerprint density at radius 1 is 1.60 bits per heavy atom. The Balaban J connectivity index is 2.38. The molecular weight excluding hydrogens is 210 g/mol. The zero-order valence-electron chi connectivity index (χ0n) is 8.56. The molecule has 0 amide bonds. The summed E-state index contributed by atoms with van der Waals surface area (Å²) in [6.07, 6.45) is 1.60. The van der Waals surface area contributed by atoms with Gasteiger partial charge in [-0.25, -0.2) is 4.98 Å². The number of hydrogen-bond donors (Lipinski definition) is 1. The predicted octanol–water partition coefficient (Wildman–Crippen LogP) is 1.13. The first-order valence-electron chi connectivity index (χ1n) is 4.71. The summed E-state index contributed by atoms with van der Waals surface area (Å²) in [5.41, 5.74) is 1.25. The Morgan fingerprint density at radius 3 is 2.93 bits per heavy atom. The fourth-order valence-electron chi connectivity index (χ4n) is 1.02. The molecule has 80 valence electrons. The Bertz CT molecular complexity index is 369. The summed E-state index contributed by atoms with van der Waals surface area (Å²) < 4.78 is 11.1. The molecule has 0 aliphatic carbocycles. The van der Waals surface area contributed by atoms with Gasteiger partial charge in [-0.2, -0.15) is 5.26 Å². The monoisotopic (exact) mass is 223 g/mol. The Morgan fingerprint density at radius 2 is 2.40 bits per heavy atom. The molecule has 1 atom stereocenters. The number of pyridine rings is 1. The first kappa shape index (κ1) is 11.7. The fourth-order valence-corrected chi connectivity index (χ4v) is 1.64. The topological polar surface area (TPSA) is 65.8 Å². The van der Waals surface area contributed by atoms with Crippen molar-refractivity contribution in [3.63, 3.8) is 0 Å². The van der Waals surface area contributed by atoms with Crippen LogP contribution in [0.15, 0.2) is 18.3 Å². The van der Waals surface area contributed by atoms with Crippen molar-refractivity contribution >= 4 is 16.5 Å². The molecule has 1 rings (SSSR count). The molecular formula is C10H13N3OS. The smallest absolute Gasteiger partial charge is 0.140 e. The van der Waals surface area contributed by atoms with Crippen LogP contribution in [0, 0.1) is 11.3 Å². The van der Waals surface area contributed by atoms with E-state index in [1.54, 1.807) is 18.3 Å². The van der Waals surface area contributed by atoms with Crippen molar-refractivity contribution in [3.8, 4) is 6.07 Å². The van der Waals surface area contributed by atoms with Crippen molar-refractivity contribution in [3.05, 3.63) is 24.0 Å². The summed E-state index contributed by atoms with van der Waals surface area (Å²) >= 11 is 0. The highest BCUT2D eigenvalue weighted by atomic mass is 32.2. The minimum absolute atomic E-state index is 0.401. The van der Waals surface area contributed by atoms with Crippen molar-refractivity contribution in [1.29, 1.82) is 5.26 Å². The molecule has 4 nitrogen and oxygen atoms in total. The van der Waals surface area contributed by atoms with E-state index in [1.165, 1.54) is 0 Å². The van der Waals surface area contributed by atoms with Gasteiger partial charge < -0.3 is 5.32 Å². The largest absolute Gasteiger partial charge is 0.383 e. The molecule has 0 spiro atoms. The summed E-state index contributed by atoms with van der Waals surface area (Å²) in [4.78, 5) is 3.92. The van der Waals surface area contributed by atoms with Crippen LogP contribution < -0.4 is 5.32 Å². The van der Waals surface area contributed by atoms with Gasteiger partial charge in [-0.05, 0) is 12.1 Å². The molecule has 0 radical (unpaired) electrons. The van der Waals surface area contributed by atoms with Gasteiger partial charge in [0, 0.05) is 28.9 Å². The van der Waals surface area contributed by atoms with Crippen LogP contribution in [0.3, 0.4) is 0 Å². The lowest BCUT2D eigenvalue weighted by atomic mass is 10.3. The van der Waals surface area contributed by atoms with E-state index in [0.717, 1.165) is 5.69 Å². The molecule has 1 heterocycles. The van der Waals surface area contributed by atoms with Gasteiger partial charge in [-0.1, -0.05) is 6.92 Å². The van der Waals surface area contributed by atoms with E-state index in [0.29, 0.717) is 23.7 Å². The number of hydrogen-bond acceptors (Lipinski definition) is 4. The number of nitriles is 1. The predicted molar refractivity (Wildman–Crippen MR) is 61.0 cm³/mol. The van der Waals surface area contributed by atoms with Crippen LogP contribution in [0.5, 0.6) is 0 Å². The molecule has 15 heavy (non-hydrogen) atoms. The van der Waals surface area contributed by atoms with Crippen LogP contribution in [-0.4, -0.2) is 27.2 Å². The molecule has 0 bridgehead atoms. The normalized spacial score (nSPS) is 11.7. The molecule has 1 aromatic heterocycles. The van der Waals surface area contributed by atoms with Crippen LogP contribution in [0.1, 0.15) is 12.6 Å². The average Bonchev–Trinajstić information content (AvgIpc) is 2.29. The van der Waals surface area contributed by atoms with Gasteiger partial charge in [0.2, 0.25) is 0 Å². The number of nitrogens with one attached hydrogen (secondary N) is 1. The second kappa shape index (κ2) is 6.14. The summed E-state index contributed by atoms with van der Waals surface area (Å²) in [7, 11) is -0.742.